The molecule has 0 bridgehead atoms. The molecule has 1 atom stereocenters. The molecule has 2 heterocycles. The summed E-state index contributed by atoms with van der Waals surface area (Å²) >= 11 is 3.48. The molecule has 3 aromatic rings. The molecule has 0 amide bonds. The van der Waals surface area contributed by atoms with Gasteiger partial charge in [0.05, 0.1) is 10.8 Å². The third-order valence-electron chi connectivity index (χ3n) is 3.07. The van der Waals surface area contributed by atoms with Gasteiger partial charge >= 0.3 is 0 Å². The van der Waals surface area contributed by atoms with Gasteiger partial charge in [-0.25, -0.2) is 15.0 Å². The molecular formula is C15H9BrN4OS. The van der Waals surface area contributed by atoms with Gasteiger partial charge in [0.2, 0.25) is 5.16 Å². The van der Waals surface area contributed by atoms with E-state index in [1.54, 1.807) is 6.20 Å². The van der Waals surface area contributed by atoms with E-state index in [1.807, 2.05) is 30.3 Å². The largest absolute Gasteiger partial charge is 0.251 e. The number of rotatable bonds is 2. The number of halogens is 1. The molecule has 7 heteroatoms. The Morgan fingerprint density at radius 2 is 2.00 bits per heavy atom. The smallest absolute Gasteiger partial charge is 0.220 e. The molecule has 0 saturated carbocycles. The normalized spacial score (nSPS) is 12.0. The lowest BCUT2D eigenvalue weighted by Crippen LogP contribution is -2.00. The van der Waals surface area contributed by atoms with E-state index in [0.29, 0.717) is 16.6 Å². The molecular weight excluding hydrogens is 364 g/mol. The quantitative estimate of drug-likeness (QED) is 0.645. The molecule has 1 aromatic carbocycles. The third-order valence-corrected chi connectivity index (χ3v) is 4.48. The fraction of sp³-hybridized carbons (Fsp3) is 0.0667. The van der Waals surface area contributed by atoms with E-state index in [1.165, 1.54) is 6.26 Å². The van der Waals surface area contributed by atoms with Crippen molar-refractivity contribution in [1.29, 1.82) is 5.26 Å². The Hall–Kier alpha value is -2.17. The average Bonchev–Trinajstić information content (AvgIpc) is 2.53. The van der Waals surface area contributed by atoms with E-state index in [-0.39, 0.29) is 10.9 Å². The molecule has 0 aliphatic rings. The molecule has 0 spiro atoms. The van der Waals surface area contributed by atoms with Crippen molar-refractivity contribution in [3.05, 3.63) is 46.7 Å². The lowest BCUT2D eigenvalue weighted by molar-refractivity contribution is 0.680. The van der Waals surface area contributed by atoms with Gasteiger partial charge in [-0.05, 0) is 17.7 Å². The van der Waals surface area contributed by atoms with Gasteiger partial charge in [0.25, 0.3) is 0 Å². The predicted molar refractivity (Wildman–Crippen MR) is 87.5 cm³/mol. The van der Waals surface area contributed by atoms with Crippen LogP contribution in [0.3, 0.4) is 0 Å². The second kappa shape index (κ2) is 5.91. The number of hydrogen-bond acceptors (Lipinski definition) is 5. The van der Waals surface area contributed by atoms with E-state index in [0.717, 1.165) is 10.0 Å². The summed E-state index contributed by atoms with van der Waals surface area (Å²) in [5.74, 6) is 0. The maximum atomic E-state index is 11.5. The zero-order valence-electron chi connectivity index (χ0n) is 11.4. The first-order valence-corrected chi connectivity index (χ1v) is 8.61. The lowest BCUT2D eigenvalue weighted by atomic mass is 10.0. The van der Waals surface area contributed by atoms with Gasteiger partial charge in [0.15, 0.2) is 11.3 Å². The standard InChI is InChI=1S/C15H9BrN4OS/c1-22(21)15-18-8-9-6-11(10-4-2-3-5-12(10)16)13(7-17)19-14(9)20-15/h2-6,8H,1H3. The SMILES string of the molecule is CS(=O)c1ncc2cc(-c3ccccc3Br)c(C#N)nc2n1. The molecule has 5 nitrogen and oxygen atoms in total. The first-order valence-electron chi connectivity index (χ1n) is 6.26. The van der Waals surface area contributed by atoms with Gasteiger partial charge in [-0.1, -0.05) is 34.1 Å². The minimum Gasteiger partial charge on any atom is -0.251 e. The van der Waals surface area contributed by atoms with Gasteiger partial charge < -0.3 is 0 Å². The molecule has 2 aromatic heterocycles. The highest BCUT2D eigenvalue weighted by Gasteiger charge is 2.13. The second-order valence-electron chi connectivity index (χ2n) is 4.50. The zero-order valence-corrected chi connectivity index (χ0v) is 13.8. The van der Waals surface area contributed by atoms with Crippen molar-refractivity contribution in [2.24, 2.45) is 0 Å². The Kier molecular flexibility index (Phi) is 3.96. The van der Waals surface area contributed by atoms with Crippen LogP contribution >= 0.6 is 15.9 Å². The van der Waals surface area contributed by atoms with Gasteiger partial charge in [0.1, 0.15) is 6.07 Å². The first kappa shape index (κ1) is 14.8. The first-order chi connectivity index (χ1) is 10.6. The summed E-state index contributed by atoms with van der Waals surface area (Å²) in [6.45, 7) is 0. The number of fused-ring (bicyclic) bond motifs is 1. The van der Waals surface area contributed by atoms with E-state index < -0.39 is 10.8 Å². The average molecular weight is 373 g/mol. The van der Waals surface area contributed by atoms with E-state index in [4.69, 9.17) is 0 Å². The molecule has 0 saturated heterocycles. The highest BCUT2D eigenvalue weighted by Crippen LogP contribution is 2.31. The highest BCUT2D eigenvalue weighted by atomic mass is 79.9. The molecule has 0 N–H and O–H groups in total. The van der Waals surface area contributed by atoms with Gasteiger partial charge in [-0.3, -0.25) is 4.21 Å². The monoisotopic (exact) mass is 372 g/mol. The summed E-state index contributed by atoms with van der Waals surface area (Å²) in [7, 11) is -1.29. The number of pyridine rings is 1. The summed E-state index contributed by atoms with van der Waals surface area (Å²) in [6, 6.07) is 11.5. The molecule has 22 heavy (non-hydrogen) atoms. The van der Waals surface area contributed by atoms with Gasteiger partial charge in [0, 0.05) is 27.9 Å². The topological polar surface area (TPSA) is 79.5 Å². The van der Waals surface area contributed by atoms with E-state index in [9.17, 15) is 9.47 Å². The van der Waals surface area contributed by atoms with Gasteiger partial charge in [-0.15, -0.1) is 0 Å². The van der Waals surface area contributed by atoms with Crippen molar-refractivity contribution in [3.8, 4) is 17.2 Å². The molecule has 0 aliphatic heterocycles. The van der Waals surface area contributed by atoms with Gasteiger partial charge in [-0.2, -0.15) is 5.26 Å². The van der Waals surface area contributed by atoms with Crippen LogP contribution < -0.4 is 0 Å². The third kappa shape index (κ3) is 2.63. The summed E-state index contributed by atoms with van der Waals surface area (Å²) in [5.41, 5.74) is 2.21. The van der Waals surface area contributed by atoms with Crippen molar-refractivity contribution in [2.75, 3.05) is 6.26 Å². The number of nitrogens with zero attached hydrogens (tertiary/aromatic N) is 4. The second-order valence-corrected chi connectivity index (χ2v) is 6.62. The van der Waals surface area contributed by atoms with Crippen LogP contribution in [0, 0.1) is 11.3 Å². The van der Waals surface area contributed by atoms with Crippen molar-refractivity contribution >= 4 is 37.8 Å². The number of aromatic nitrogens is 3. The molecule has 108 valence electrons. The number of hydrogen-bond donors (Lipinski definition) is 0. The van der Waals surface area contributed by atoms with Crippen LogP contribution in [-0.4, -0.2) is 25.4 Å². The molecule has 1 unspecified atom stereocenters. The molecule has 3 rings (SSSR count). The summed E-state index contributed by atoms with van der Waals surface area (Å²) < 4.78 is 12.3. The van der Waals surface area contributed by atoms with E-state index >= 15 is 0 Å². The minimum atomic E-state index is -1.29. The van der Waals surface area contributed by atoms with Crippen molar-refractivity contribution in [3.63, 3.8) is 0 Å². The predicted octanol–water partition coefficient (Wildman–Crippen LogP) is 3.06. The van der Waals surface area contributed by atoms with Crippen LogP contribution in [0.25, 0.3) is 22.2 Å². The van der Waals surface area contributed by atoms with Crippen LogP contribution in [0.1, 0.15) is 5.69 Å². The Labute approximate surface area is 137 Å². The Morgan fingerprint density at radius 1 is 1.23 bits per heavy atom. The summed E-state index contributed by atoms with van der Waals surface area (Å²) in [4.78, 5) is 12.5. The summed E-state index contributed by atoms with van der Waals surface area (Å²) in [5, 5.41) is 10.3. The van der Waals surface area contributed by atoms with Crippen molar-refractivity contribution in [2.45, 2.75) is 5.16 Å². The number of nitriles is 1. The van der Waals surface area contributed by atoms with E-state index in [2.05, 4.69) is 37.0 Å². The highest BCUT2D eigenvalue weighted by molar-refractivity contribution is 9.10. The fourth-order valence-corrected chi connectivity index (χ4v) is 2.97. The van der Waals surface area contributed by atoms with Crippen LogP contribution in [0.15, 0.2) is 46.2 Å². The zero-order chi connectivity index (χ0) is 15.7. The van der Waals surface area contributed by atoms with Crippen molar-refractivity contribution < 1.29 is 4.21 Å². The molecule has 0 radical (unpaired) electrons. The molecule has 0 fully saturated rings. The Bertz CT molecular complexity index is 952. The lowest BCUT2D eigenvalue weighted by Gasteiger charge is -2.08. The van der Waals surface area contributed by atoms with Crippen LogP contribution in [0.4, 0.5) is 0 Å². The maximum absolute atomic E-state index is 11.5. The Balaban J connectivity index is 2.29. The maximum Gasteiger partial charge on any atom is 0.220 e. The van der Waals surface area contributed by atoms with Crippen molar-refractivity contribution in [1.82, 2.24) is 15.0 Å². The van der Waals surface area contributed by atoms with Crippen LogP contribution in [-0.2, 0) is 10.8 Å². The fourth-order valence-electron chi connectivity index (χ4n) is 2.06. The van der Waals surface area contributed by atoms with Crippen LogP contribution in [0.5, 0.6) is 0 Å². The minimum absolute atomic E-state index is 0.206. The number of benzene rings is 1. The Morgan fingerprint density at radius 3 is 2.68 bits per heavy atom. The van der Waals surface area contributed by atoms with Crippen LogP contribution in [0.2, 0.25) is 0 Å². The molecule has 0 aliphatic carbocycles. The summed E-state index contributed by atoms with van der Waals surface area (Å²) in [6.07, 6.45) is 3.08.